The van der Waals surface area contributed by atoms with Gasteiger partial charge in [0.1, 0.15) is 11.5 Å². The molecule has 1 aliphatic carbocycles. The van der Waals surface area contributed by atoms with E-state index >= 15 is 0 Å². The Bertz CT molecular complexity index is 293. The van der Waals surface area contributed by atoms with Crippen molar-refractivity contribution < 1.29 is 14.3 Å². The third-order valence-corrected chi connectivity index (χ3v) is 2.12. The summed E-state index contributed by atoms with van der Waals surface area (Å²) in [5, 5.41) is 2.83. The zero-order valence-corrected chi connectivity index (χ0v) is 7.37. The monoisotopic (exact) mass is 181 g/mol. The standard InChI is InChI=1S/C9H11NO3/c1-12-6-2-3-7-8(4-6)13-5-9(11)10-7/h2,4,7H,3,5H2,1H3,(H,10,11). The molecule has 2 aliphatic rings. The lowest BCUT2D eigenvalue weighted by molar-refractivity contribution is -0.128. The van der Waals surface area contributed by atoms with Gasteiger partial charge in [0.25, 0.3) is 5.91 Å². The second-order valence-electron chi connectivity index (χ2n) is 3.00. The quantitative estimate of drug-likeness (QED) is 0.633. The van der Waals surface area contributed by atoms with Crippen LogP contribution in [0.1, 0.15) is 6.42 Å². The zero-order valence-electron chi connectivity index (χ0n) is 7.37. The first-order chi connectivity index (χ1) is 6.29. The summed E-state index contributed by atoms with van der Waals surface area (Å²) in [4.78, 5) is 11.0. The van der Waals surface area contributed by atoms with Crippen molar-refractivity contribution in [3.05, 3.63) is 23.7 Å². The first kappa shape index (κ1) is 8.16. The fourth-order valence-electron chi connectivity index (χ4n) is 1.45. The molecule has 1 atom stereocenters. The summed E-state index contributed by atoms with van der Waals surface area (Å²) in [6.45, 7) is 0.110. The van der Waals surface area contributed by atoms with E-state index in [1.54, 1.807) is 7.11 Å². The topological polar surface area (TPSA) is 47.6 Å². The lowest BCUT2D eigenvalue weighted by atomic mass is 10.0. The number of carbonyl (C=O) groups excluding carboxylic acids is 1. The van der Waals surface area contributed by atoms with Gasteiger partial charge in [0.15, 0.2) is 6.61 Å². The molecule has 1 saturated heterocycles. The molecule has 0 spiro atoms. The molecule has 0 saturated carbocycles. The van der Waals surface area contributed by atoms with Crippen molar-refractivity contribution in [3.63, 3.8) is 0 Å². The van der Waals surface area contributed by atoms with Crippen molar-refractivity contribution in [2.24, 2.45) is 0 Å². The van der Waals surface area contributed by atoms with E-state index in [2.05, 4.69) is 5.32 Å². The number of methoxy groups -OCH3 is 1. The van der Waals surface area contributed by atoms with Gasteiger partial charge in [-0.05, 0) is 12.5 Å². The van der Waals surface area contributed by atoms with Crippen LogP contribution in [0.3, 0.4) is 0 Å². The summed E-state index contributed by atoms with van der Waals surface area (Å²) in [7, 11) is 1.62. The molecule has 0 aromatic carbocycles. The minimum absolute atomic E-state index is 0.000139. The number of fused-ring (bicyclic) bond motifs is 1. The molecular formula is C9H11NO3. The largest absolute Gasteiger partial charge is 0.497 e. The molecule has 1 N–H and O–H groups in total. The van der Waals surface area contributed by atoms with Gasteiger partial charge in [-0.25, -0.2) is 0 Å². The average molecular weight is 181 g/mol. The maximum Gasteiger partial charge on any atom is 0.258 e. The maximum atomic E-state index is 11.0. The third kappa shape index (κ3) is 1.52. The zero-order chi connectivity index (χ0) is 9.26. The van der Waals surface area contributed by atoms with Gasteiger partial charge in [-0.15, -0.1) is 0 Å². The van der Waals surface area contributed by atoms with Gasteiger partial charge in [-0.3, -0.25) is 4.79 Å². The normalized spacial score (nSPS) is 26.2. The summed E-state index contributed by atoms with van der Waals surface area (Å²) in [6.07, 6.45) is 4.48. The summed E-state index contributed by atoms with van der Waals surface area (Å²) in [5.74, 6) is 1.53. The number of amides is 1. The van der Waals surface area contributed by atoms with E-state index in [0.717, 1.165) is 17.9 Å². The SMILES string of the molecule is COC1=CCC2NC(=O)COC2=C1. The van der Waals surface area contributed by atoms with Crippen molar-refractivity contribution in [2.75, 3.05) is 13.7 Å². The molecule has 0 bridgehead atoms. The third-order valence-electron chi connectivity index (χ3n) is 2.12. The Morgan fingerprint density at radius 3 is 3.31 bits per heavy atom. The van der Waals surface area contributed by atoms with Gasteiger partial charge in [-0.1, -0.05) is 0 Å². The fraction of sp³-hybridized carbons (Fsp3) is 0.444. The molecular weight excluding hydrogens is 170 g/mol. The highest BCUT2D eigenvalue weighted by atomic mass is 16.5. The number of hydrogen-bond acceptors (Lipinski definition) is 3. The van der Waals surface area contributed by atoms with Crippen LogP contribution in [0.15, 0.2) is 23.7 Å². The summed E-state index contributed by atoms with van der Waals surface area (Å²) in [6, 6.07) is 0.000139. The van der Waals surface area contributed by atoms with Crippen molar-refractivity contribution in [2.45, 2.75) is 12.5 Å². The summed E-state index contributed by atoms with van der Waals surface area (Å²) >= 11 is 0. The molecule has 0 aromatic rings. The summed E-state index contributed by atoms with van der Waals surface area (Å²) < 4.78 is 10.3. The van der Waals surface area contributed by atoms with Crippen molar-refractivity contribution >= 4 is 5.91 Å². The highest BCUT2D eigenvalue weighted by Crippen LogP contribution is 2.21. The molecule has 0 aromatic heterocycles. The number of nitrogens with one attached hydrogen (secondary N) is 1. The minimum atomic E-state index is -0.0589. The van der Waals surface area contributed by atoms with Crippen LogP contribution in [0.2, 0.25) is 0 Å². The Labute approximate surface area is 76.2 Å². The number of ether oxygens (including phenoxy) is 2. The average Bonchev–Trinajstić information content (AvgIpc) is 2.17. The fourth-order valence-corrected chi connectivity index (χ4v) is 1.45. The van der Waals surface area contributed by atoms with Crippen LogP contribution in [0.25, 0.3) is 0 Å². The van der Waals surface area contributed by atoms with Gasteiger partial charge < -0.3 is 14.8 Å². The van der Waals surface area contributed by atoms with Crippen LogP contribution < -0.4 is 5.32 Å². The van der Waals surface area contributed by atoms with Crippen molar-refractivity contribution in [1.82, 2.24) is 5.32 Å². The molecule has 0 radical (unpaired) electrons. The Morgan fingerprint density at radius 2 is 2.54 bits per heavy atom. The smallest absolute Gasteiger partial charge is 0.258 e. The Hall–Kier alpha value is -1.45. The van der Waals surface area contributed by atoms with E-state index in [1.165, 1.54) is 0 Å². The number of rotatable bonds is 1. The van der Waals surface area contributed by atoms with E-state index < -0.39 is 0 Å². The molecule has 13 heavy (non-hydrogen) atoms. The Balaban J connectivity index is 2.14. The van der Waals surface area contributed by atoms with Crippen molar-refractivity contribution in [3.8, 4) is 0 Å². The predicted octanol–water partition coefficient (Wildman–Crippen LogP) is 0.319. The van der Waals surface area contributed by atoms with Gasteiger partial charge in [0, 0.05) is 6.08 Å². The predicted molar refractivity (Wildman–Crippen MR) is 45.7 cm³/mol. The summed E-state index contributed by atoms with van der Waals surface area (Å²) in [5.41, 5.74) is 0. The molecule has 4 heteroatoms. The van der Waals surface area contributed by atoms with Gasteiger partial charge in [-0.2, -0.15) is 0 Å². The second-order valence-corrected chi connectivity index (χ2v) is 3.00. The highest BCUT2D eigenvalue weighted by molar-refractivity contribution is 5.79. The molecule has 70 valence electrons. The molecule has 1 heterocycles. The van der Waals surface area contributed by atoms with E-state index in [9.17, 15) is 4.79 Å². The van der Waals surface area contributed by atoms with Crippen molar-refractivity contribution in [1.29, 1.82) is 0 Å². The van der Waals surface area contributed by atoms with Crippen LogP contribution in [0.4, 0.5) is 0 Å². The lowest BCUT2D eigenvalue weighted by Gasteiger charge is -2.28. The lowest BCUT2D eigenvalue weighted by Crippen LogP contribution is -2.44. The molecule has 1 fully saturated rings. The molecule has 1 amide bonds. The first-order valence-corrected chi connectivity index (χ1v) is 4.17. The Kier molecular flexibility index (Phi) is 1.96. The second kappa shape index (κ2) is 3.12. The van der Waals surface area contributed by atoms with E-state index in [0.29, 0.717) is 0 Å². The van der Waals surface area contributed by atoms with E-state index in [1.807, 2.05) is 12.2 Å². The molecule has 4 nitrogen and oxygen atoms in total. The number of allylic oxidation sites excluding steroid dienone is 1. The number of hydrogen-bond donors (Lipinski definition) is 1. The van der Waals surface area contributed by atoms with Gasteiger partial charge >= 0.3 is 0 Å². The maximum absolute atomic E-state index is 11.0. The van der Waals surface area contributed by atoms with Gasteiger partial charge in [0.2, 0.25) is 0 Å². The van der Waals surface area contributed by atoms with Crippen LogP contribution in [-0.4, -0.2) is 25.7 Å². The van der Waals surface area contributed by atoms with Crippen LogP contribution >= 0.6 is 0 Å². The molecule has 1 unspecified atom stereocenters. The first-order valence-electron chi connectivity index (χ1n) is 4.17. The molecule has 2 rings (SSSR count). The van der Waals surface area contributed by atoms with Crippen LogP contribution in [0.5, 0.6) is 0 Å². The number of carbonyl (C=O) groups is 1. The number of morpholine rings is 1. The van der Waals surface area contributed by atoms with Crippen LogP contribution in [-0.2, 0) is 14.3 Å². The van der Waals surface area contributed by atoms with E-state index in [-0.39, 0.29) is 18.6 Å². The van der Waals surface area contributed by atoms with E-state index in [4.69, 9.17) is 9.47 Å². The van der Waals surface area contributed by atoms with Crippen LogP contribution in [0, 0.1) is 0 Å². The molecule has 1 aliphatic heterocycles. The van der Waals surface area contributed by atoms with Gasteiger partial charge in [0.05, 0.1) is 13.2 Å². The highest BCUT2D eigenvalue weighted by Gasteiger charge is 2.26. The minimum Gasteiger partial charge on any atom is -0.497 e. The Morgan fingerprint density at radius 1 is 1.69 bits per heavy atom.